The standard InChI is InChI=1S/C31H41N5O6/c1-22(2)16-17-32-27(37)21-36-20-8-10-26(31(36)42)34-30(41)25(9-4-5-11-28(38)39)33-29(40)23-12-14-24(15-13-23)35-18-6-3-7-19-35/h5,8,10-15,20,22,25H,3-4,6-7,9,16-19,21H2,1-2H3,(H,32,37)(H,33,40)(H,34,41)(H,38,39). The van der Waals surface area contributed by atoms with Crippen LogP contribution in [0, 0.1) is 5.92 Å². The summed E-state index contributed by atoms with van der Waals surface area (Å²) in [6.45, 7) is 6.35. The number of carbonyl (C=O) groups is 4. The fourth-order valence-electron chi connectivity index (χ4n) is 4.62. The van der Waals surface area contributed by atoms with Gasteiger partial charge in [0, 0.05) is 43.2 Å². The molecular weight excluding hydrogens is 538 g/mol. The lowest BCUT2D eigenvalue weighted by Crippen LogP contribution is -2.44. The number of nitrogens with one attached hydrogen (secondary N) is 3. The number of carboxylic acids is 1. The summed E-state index contributed by atoms with van der Waals surface area (Å²) in [6, 6.07) is 9.11. The van der Waals surface area contributed by atoms with E-state index in [1.807, 2.05) is 26.0 Å². The Kier molecular flexibility index (Phi) is 12.3. The SMILES string of the molecule is CC(C)CCNC(=O)Cn1cccc(NC(=O)C(CCC=CC(=O)O)NC(=O)c2ccc(N3CCCCC3)cc2)c1=O. The summed E-state index contributed by atoms with van der Waals surface area (Å²) < 4.78 is 1.20. The topological polar surface area (TPSA) is 150 Å². The van der Waals surface area contributed by atoms with Crippen molar-refractivity contribution in [1.82, 2.24) is 15.2 Å². The van der Waals surface area contributed by atoms with Crippen LogP contribution in [0.25, 0.3) is 0 Å². The van der Waals surface area contributed by atoms with Crippen LogP contribution in [0.3, 0.4) is 0 Å². The minimum atomic E-state index is -1.12. The molecule has 3 amide bonds. The molecule has 11 heteroatoms. The predicted molar refractivity (Wildman–Crippen MR) is 162 cm³/mol. The van der Waals surface area contributed by atoms with Crippen molar-refractivity contribution < 1.29 is 24.3 Å². The predicted octanol–water partition coefficient (Wildman–Crippen LogP) is 3.16. The zero-order chi connectivity index (χ0) is 30.5. The second-order valence-electron chi connectivity index (χ2n) is 10.8. The first-order valence-electron chi connectivity index (χ1n) is 14.5. The van der Waals surface area contributed by atoms with E-state index in [1.165, 1.54) is 29.3 Å². The van der Waals surface area contributed by atoms with Crippen LogP contribution in [0.5, 0.6) is 0 Å². The van der Waals surface area contributed by atoms with Crippen molar-refractivity contribution in [2.45, 2.75) is 65.0 Å². The first-order chi connectivity index (χ1) is 20.1. The highest BCUT2D eigenvalue weighted by Gasteiger charge is 2.23. The Balaban J connectivity index is 1.69. The maximum atomic E-state index is 13.3. The van der Waals surface area contributed by atoms with Crippen molar-refractivity contribution in [2.24, 2.45) is 5.92 Å². The fourth-order valence-corrected chi connectivity index (χ4v) is 4.62. The van der Waals surface area contributed by atoms with Crippen LogP contribution in [0.1, 0.15) is 62.7 Å². The number of aliphatic carboxylic acids is 1. The molecule has 0 bridgehead atoms. The number of allylic oxidation sites excluding steroid dienone is 1. The van der Waals surface area contributed by atoms with Crippen LogP contribution in [-0.2, 0) is 20.9 Å². The Labute approximate surface area is 246 Å². The highest BCUT2D eigenvalue weighted by atomic mass is 16.4. The molecule has 1 fully saturated rings. The summed E-state index contributed by atoms with van der Waals surface area (Å²) in [5.41, 5.74) is 0.811. The summed E-state index contributed by atoms with van der Waals surface area (Å²) >= 11 is 0. The molecule has 1 atom stereocenters. The van der Waals surface area contributed by atoms with Crippen molar-refractivity contribution in [1.29, 1.82) is 0 Å². The van der Waals surface area contributed by atoms with E-state index >= 15 is 0 Å². The van der Waals surface area contributed by atoms with Crippen molar-refractivity contribution in [3.63, 3.8) is 0 Å². The average molecular weight is 580 g/mol. The third-order valence-electron chi connectivity index (χ3n) is 6.99. The van der Waals surface area contributed by atoms with E-state index in [9.17, 15) is 24.0 Å². The third kappa shape index (κ3) is 10.2. The summed E-state index contributed by atoms with van der Waals surface area (Å²) in [6.07, 6.45) is 8.43. The van der Waals surface area contributed by atoms with Gasteiger partial charge < -0.3 is 30.5 Å². The van der Waals surface area contributed by atoms with E-state index in [0.717, 1.165) is 44.1 Å². The lowest BCUT2D eigenvalue weighted by atomic mass is 10.1. The van der Waals surface area contributed by atoms with Crippen LogP contribution >= 0.6 is 0 Å². The number of carbonyl (C=O) groups excluding carboxylic acids is 3. The number of hydrogen-bond acceptors (Lipinski definition) is 6. The van der Waals surface area contributed by atoms with Crippen LogP contribution < -0.4 is 26.4 Å². The largest absolute Gasteiger partial charge is 0.478 e. The van der Waals surface area contributed by atoms with Gasteiger partial charge in [0.25, 0.3) is 11.5 Å². The molecule has 1 saturated heterocycles. The molecular formula is C31H41N5O6. The molecule has 226 valence electrons. The van der Waals surface area contributed by atoms with Crippen molar-refractivity contribution in [3.05, 3.63) is 70.7 Å². The van der Waals surface area contributed by atoms with Gasteiger partial charge in [0.1, 0.15) is 18.3 Å². The van der Waals surface area contributed by atoms with Crippen LogP contribution in [0.2, 0.25) is 0 Å². The molecule has 1 aliphatic rings. The highest BCUT2D eigenvalue weighted by Crippen LogP contribution is 2.20. The summed E-state index contributed by atoms with van der Waals surface area (Å²) in [5, 5.41) is 17.0. The minimum Gasteiger partial charge on any atom is -0.478 e. The number of piperidine rings is 1. The molecule has 2 aromatic rings. The lowest BCUT2D eigenvalue weighted by Gasteiger charge is -2.28. The molecule has 11 nitrogen and oxygen atoms in total. The van der Waals surface area contributed by atoms with Gasteiger partial charge in [0.2, 0.25) is 11.8 Å². The smallest absolute Gasteiger partial charge is 0.327 e. The van der Waals surface area contributed by atoms with Gasteiger partial charge in [0.15, 0.2) is 0 Å². The number of nitrogens with zero attached hydrogens (tertiary/aromatic N) is 2. The van der Waals surface area contributed by atoms with Crippen molar-refractivity contribution in [2.75, 3.05) is 29.9 Å². The molecule has 4 N–H and O–H groups in total. The zero-order valence-electron chi connectivity index (χ0n) is 24.3. The Morgan fingerprint density at radius 3 is 2.38 bits per heavy atom. The van der Waals surface area contributed by atoms with E-state index in [2.05, 4.69) is 20.9 Å². The molecule has 3 rings (SSSR count). The van der Waals surface area contributed by atoms with E-state index in [1.54, 1.807) is 18.2 Å². The van der Waals surface area contributed by atoms with Crippen LogP contribution in [0.15, 0.2) is 59.5 Å². The first-order valence-corrected chi connectivity index (χ1v) is 14.5. The highest BCUT2D eigenvalue weighted by molar-refractivity contribution is 6.01. The Morgan fingerprint density at radius 2 is 1.71 bits per heavy atom. The number of pyridine rings is 1. The molecule has 0 aliphatic carbocycles. The Bertz CT molecular complexity index is 1310. The molecule has 42 heavy (non-hydrogen) atoms. The first kappa shape index (κ1) is 32.1. The molecule has 1 aliphatic heterocycles. The Morgan fingerprint density at radius 1 is 1.00 bits per heavy atom. The summed E-state index contributed by atoms with van der Waals surface area (Å²) in [5.74, 6) is -2.10. The number of aromatic nitrogens is 1. The Hall–Kier alpha value is -4.41. The normalized spacial score (nSPS) is 14.0. The van der Waals surface area contributed by atoms with Gasteiger partial charge in [0.05, 0.1) is 0 Å². The summed E-state index contributed by atoms with van der Waals surface area (Å²) in [7, 11) is 0. The quantitative estimate of drug-likeness (QED) is 0.251. The van der Waals surface area contributed by atoms with Gasteiger partial charge in [-0.2, -0.15) is 0 Å². The van der Waals surface area contributed by atoms with Crippen molar-refractivity contribution >= 4 is 35.1 Å². The van der Waals surface area contributed by atoms with E-state index in [0.29, 0.717) is 18.0 Å². The van der Waals surface area contributed by atoms with Crippen molar-refractivity contribution in [3.8, 4) is 0 Å². The molecule has 2 heterocycles. The van der Waals surface area contributed by atoms with Gasteiger partial charge in [-0.05, 0) is 80.8 Å². The maximum absolute atomic E-state index is 13.3. The lowest BCUT2D eigenvalue weighted by molar-refractivity contribution is -0.131. The van der Waals surface area contributed by atoms with Gasteiger partial charge in [-0.15, -0.1) is 0 Å². The van der Waals surface area contributed by atoms with Gasteiger partial charge in [-0.3, -0.25) is 19.2 Å². The number of amides is 3. The minimum absolute atomic E-state index is 0.0382. The molecule has 1 aromatic heterocycles. The molecule has 1 aromatic carbocycles. The number of rotatable bonds is 14. The molecule has 1 unspecified atom stereocenters. The van der Waals surface area contributed by atoms with Crippen LogP contribution in [0.4, 0.5) is 11.4 Å². The van der Waals surface area contributed by atoms with E-state index in [4.69, 9.17) is 5.11 Å². The zero-order valence-corrected chi connectivity index (χ0v) is 24.3. The number of hydrogen-bond donors (Lipinski definition) is 4. The van der Waals surface area contributed by atoms with Crippen LogP contribution in [-0.4, -0.2) is 59.0 Å². The maximum Gasteiger partial charge on any atom is 0.327 e. The molecule has 0 spiro atoms. The number of carboxylic acid groups (broad SMARTS) is 1. The van der Waals surface area contributed by atoms with E-state index in [-0.39, 0.29) is 31.0 Å². The summed E-state index contributed by atoms with van der Waals surface area (Å²) in [4.78, 5) is 64.8. The van der Waals surface area contributed by atoms with E-state index < -0.39 is 29.4 Å². The fraction of sp³-hybridized carbons (Fsp3) is 0.452. The second kappa shape index (κ2) is 16.1. The van der Waals surface area contributed by atoms with Gasteiger partial charge >= 0.3 is 5.97 Å². The third-order valence-corrected chi connectivity index (χ3v) is 6.99. The van der Waals surface area contributed by atoms with Gasteiger partial charge in [-0.1, -0.05) is 19.9 Å². The number of anilines is 2. The average Bonchev–Trinajstić information content (AvgIpc) is 2.96. The molecule has 0 saturated carbocycles. The van der Waals surface area contributed by atoms with Gasteiger partial charge in [-0.25, -0.2) is 4.79 Å². The number of benzene rings is 1. The molecule has 0 radical (unpaired) electrons. The second-order valence-corrected chi connectivity index (χ2v) is 10.8. The monoisotopic (exact) mass is 579 g/mol.